The number of pyridine rings is 1. The van der Waals surface area contributed by atoms with Gasteiger partial charge in [-0.3, -0.25) is 14.5 Å². The summed E-state index contributed by atoms with van der Waals surface area (Å²) in [7, 11) is 0. The molecule has 1 spiro atoms. The van der Waals surface area contributed by atoms with Crippen LogP contribution in [0.15, 0.2) is 78.9 Å². The lowest BCUT2D eigenvalue weighted by molar-refractivity contribution is -0.117. The van der Waals surface area contributed by atoms with E-state index in [0.717, 1.165) is 84.8 Å². The molecule has 3 aliphatic heterocycles. The number of hydrogen-bond donors (Lipinski definition) is 2. The van der Waals surface area contributed by atoms with Crippen molar-refractivity contribution >= 4 is 51.4 Å². The molecule has 0 unspecified atom stereocenters. The van der Waals surface area contributed by atoms with Crippen molar-refractivity contribution in [1.29, 1.82) is 0 Å². The lowest BCUT2D eigenvalue weighted by Crippen LogP contribution is -2.33. The maximum absolute atomic E-state index is 14.2. The quantitative estimate of drug-likeness (QED) is 0.158. The average molecular weight is 719 g/mol. The number of nitrogens with one attached hydrogen (secondary N) is 2. The molecule has 3 aromatic carbocycles. The highest BCUT2D eigenvalue weighted by Gasteiger charge is 2.56. The van der Waals surface area contributed by atoms with Crippen LogP contribution in [0.1, 0.15) is 58.7 Å². The summed E-state index contributed by atoms with van der Waals surface area (Å²) in [5.74, 6) is 0.785. The molecule has 10 nitrogen and oxygen atoms in total. The lowest BCUT2D eigenvalue weighted by atomic mass is 9.96. The normalized spacial score (nSPS) is 18.8. The van der Waals surface area contributed by atoms with Gasteiger partial charge in [-0.1, -0.05) is 29.8 Å². The van der Waals surface area contributed by atoms with E-state index in [2.05, 4.69) is 26.2 Å². The largest absolute Gasteiger partial charge is 0.473 e. The van der Waals surface area contributed by atoms with Crippen molar-refractivity contribution in [2.75, 3.05) is 30.3 Å². The molecule has 12 heteroatoms. The lowest BCUT2D eigenvalue weighted by Gasteiger charge is -2.29. The number of nitrogens with zero attached hydrogens (tertiary/aromatic N) is 4. The molecule has 9 rings (SSSR count). The van der Waals surface area contributed by atoms with Crippen molar-refractivity contribution in [2.45, 2.75) is 56.9 Å². The molecule has 2 amide bonds. The minimum Gasteiger partial charge on any atom is -0.473 e. The maximum Gasteiger partial charge on any atom is 0.255 e. The van der Waals surface area contributed by atoms with E-state index in [1.54, 1.807) is 24.3 Å². The number of fused-ring (bicyclic) bond motifs is 3. The number of amides is 2. The van der Waals surface area contributed by atoms with E-state index >= 15 is 0 Å². The topological polar surface area (TPSA) is 111 Å². The molecule has 264 valence electrons. The summed E-state index contributed by atoms with van der Waals surface area (Å²) in [6.45, 7) is 3.70. The number of carbonyl (C=O) groups is 2. The van der Waals surface area contributed by atoms with Gasteiger partial charge in [0.25, 0.3) is 5.91 Å². The van der Waals surface area contributed by atoms with E-state index in [4.69, 9.17) is 31.0 Å². The summed E-state index contributed by atoms with van der Waals surface area (Å²) in [6.07, 6.45) is 5.75. The SMILES string of the molecule is O=C(Nc1ccc2nc(CN3CC=C(c4cccc(OCc5ccc(Cl)cc5F)n4)CC3)n(C[C@@H]3CCO3)c2c1)c1ccc2c(c1)C1(CC1)C(=O)N2. The Morgan fingerprint density at radius 3 is 2.75 bits per heavy atom. The Bertz CT molecular complexity index is 2280. The van der Waals surface area contributed by atoms with Gasteiger partial charge in [0.1, 0.15) is 18.2 Å². The van der Waals surface area contributed by atoms with Crippen molar-refractivity contribution in [3.05, 3.63) is 118 Å². The summed E-state index contributed by atoms with van der Waals surface area (Å²) in [6, 6.07) is 21.4. The molecule has 0 bridgehead atoms. The first kappa shape index (κ1) is 32.8. The zero-order valence-corrected chi connectivity index (χ0v) is 29.1. The van der Waals surface area contributed by atoms with Gasteiger partial charge in [-0.05, 0) is 91.4 Å². The predicted octanol–water partition coefficient (Wildman–Crippen LogP) is 7.12. The standard InChI is InChI=1S/C40H36ClFN6O4/c41-27-6-4-26(31(42)19-27)23-52-37-3-1-2-32(45-37)24-10-15-47(16-11-24)22-36-44-34-9-7-28(20-35(34)48(36)21-29-12-17-51-29)43-38(49)25-5-8-33-30(18-25)40(13-14-40)39(50)46-33/h1-10,18-20,29H,11-17,21-23H2,(H,43,49)(H,46,50)/t29-/m0/s1. The zero-order chi connectivity index (χ0) is 35.4. The summed E-state index contributed by atoms with van der Waals surface area (Å²) in [5, 5.41) is 6.37. The first-order valence-electron chi connectivity index (χ1n) is 17.6. The highest BCUT2D eigenvalue weighted by molar-refractivity contribution is 6.30. The number of hydrogen-bond acceptors (Lipinski definition) is 7. The van der Waals surface area contributed by atoms with E-state index in [0.29, 0.717) is 40.8 Å². The molecule has 52 heavy (non-hydrogen) atoms. The molecule has 1 saturated heterocycles. The molecule has 1 saturated carbocycles. The third-order valence-corrected chi connectivity index (χ3v) is 10.8. The molecule has 1 atom stereocenters. The average Bonchev–Trinajstić information content (AvgIpc) is 3.81. The molecule has 0 radical (unpaired) electrons. The second kappa shape index (κ2) is 13.1. The van der Waals surface area contributed by atoms with Crippen LogP contribution in [0.4, 0.5) is 15.8 Å². The zero-order valence-electron chi connectivity index (χ0n) is 28.3. The monoisotopic (exact) mass is 718 g/mol. The summed E-state index contributed by atoms with van der Waals surface area (Å²) < 4.78 is 28.1. The fourth-order valence-electron chi connectivity index (χ4n) is 7.34. The van der Waals surface area contributed by atoms with Crippen LogP contribution in [-0.2, 0) is 34.6 Å². The third-order valence-electron chi connectivity index (χ3n) is 10.6. The Balaban J connectivity index is 0.894. The number of carbonyl (C=O) groups excluding carboxylic acids is 2. The van der Waals surface area contributed by atoms with Crippen molar-refractivity contribution < 1.29 is 23.5 Å². The smallest absolute Gasteiger partial charge is 0.255 e. The summed E-state index contributed by atoms with van der Waals surface area (Å²) >= 11 is 5.88. The van der Waals surface area contributed by atoms with Crippen LogP contribution in [0.2, 0.25) is 5.02 Å². The van der Waals surface area contributed by atoms with Gasteiger partial charge in [-0.2, -0.15) is 0 Å². The van der Waals surface area contributed by atoms with Gasteiger partial charge in [-0.25, -0.2) is 14.4 Å². The van der Waals surface area contributed by atoms with Gasteiger partial charge in [0.05, 0.1) is 41.3 Å². The van der Waals surface area contributed by atoms with Crippen LogP contribution in [-0.4, -0.2) is 57.0 Å². The molecule has 5 aromatic rings. The molecule has 2 aromatic heterocycles. The minimum atomic E-state index is -0.457. The van der Waals surface area contributed by atoms with E-state index in [1.807, 2.05) is 42.5 Å². The van der Waals surface area contributed by atoms with Gasteiger partial charge in [-0.15, -0.1) is 0 Å². The van der Waals surface area contributed by atoms with Crippen LogP contribution in [0.5, 0.6) is 5.88 Å². The van der Waals surface area contributed by atoms with Gasteiger partial charge < -0.3 is 24.7 Å². The van der Waals surface area contributed by atoms with Crippen molar-refractivity contribution in [3.8, 4) is 5.88 Å². The summed E-state index contributed by atoms with van der Waals surface area (Å²) in [4.78, 5) is 38.0. The van der Waals surface area contributed by atoms with E-state index < -0.39 is 11.2 Å². The fraction of sp³-hybridized carbons (Fsp3) is 0.300. The first-order valence-corrected chi connectivity index (χ1v) is 18.0. The summed E-state index contributed by atoms with van der Waals surface area (Å²) in [5.41, 5.74) is 6.66. The highest BCUT2D eigenvalue weighted by atomic mass is 35.5. The number of aromatic nitrogens is 3. The molecule has 2 fully saturated rings. The Morgan fingerprint density at radius 2 is 1.98 bits per heavy atom. The molecule has 4 aliphatic rings. The van der Waals surface area contributed by atoms with E-state index in [-0.39, 0.29) is 24.5 Å². The van der Waals surface area contributed by atoms with Crippen LogP contribution in [0.3, 0.4) is 0 Å². The molecule has 5 heterocycles. The maximum atomic E-state index is 14.2. The van der Waals surface area contributed by atoms with Crippen LogP contribution in [0.25, 0.3) is 16.6 Å². The second-order valence-corrected chi connectivity index (χ2v) is 14.4. The van der Waals surface area contributed by atoms with Gasteiger partial charge >= 0.3 is 0 Å². The van der Waals surface area contributed by atoms with Gasteiger partial charge in [0, 0.05) is 53.3 Å². The van der Waals surface area contributed by atoms with Crippen LogP contribution < -0.4 is 15.4 Å². The molecule has 2 N–H and O–H groups in total. The number of anilines is 2. The van der Waals surface area contributed by atoms with Crippen molar-refractivity contribution in [2.24, 2.45) is 0 Å². The van der Waals surface area contributed by atoms with Crippen LogP contribution >= 0.6 is 11.6 Å². The first-order chi connectivity index (χ1) is 25.3. The Morgan fingerprint density at radius 1 is 1.10 bits per heavy atom. The van der Waals surface area contributed by atoms with Crippen molar-refractivity contribution in [1.82, 2.24) is 19.4 Å². The molecular formula is C40H36ClFN6O4. The third kappa shape index (κ3) is 6.23. The predicted molar refractivity (Wildman–Crippen MR) is 196 cm³/mol. The molecule has 1 aliphatic carbocycles. The van der Waals surface area contributed by atoms with E-state index in [1.165, 1.54) is 6.07 Å². The minimum absolute atomic E-state index is 0.0321. The van der Waals surface area contributed by atoms with Crippen LogP contribution in [0, 0.1) is 5.82 Å². The Labute approximate surface area is 304 Å². The number of benzene rings is 3. The van der Waals surface area contributed by atoms with Crippen molar-refractivity contribution in [3.63, 3.8) is 0 Å². The Hall–Kier alpha value is -5.10. The van der Waals surface area contributed by atoms with E-state index in [9.17, 15) is 14.0 Å². The number of imidazole rings is 1. The number of halogens is 2. The number of rotatable bonds is 10. The second-order valence-electron chi connectivity index (χ2n) is 14.0. The van der Waals surface area contributed by atoms with Gasteiger partial charge in [0.2, 0.25) is 11.8 Å². The molecular weight excluding hydrogens is 683 g/mol. The van der Waals surface area contributed by atoms with Gasteiger partial charge in [0.15, 0.2) is 0 Å². The number of ether oxygens (including phenoxy) is 2. The highest BCUT2D eigenvalue weighted by Crippen LogP contribution is 2.55. The Kier molecular flexibility index (Phi) is 8.29. The fourth-order valence-corrected chi connectivity index (χ4v) is 7.50.